The van der Waals surface area contributed by atoms with Gasteiger partial charge in [-0.05, 0) is 76.0 Å². The number of piperidine rings is 1. The molecule has 6 nitrogen and oxygen atoms in total. The summed E-state index contributed by atoms with van der Waals surface area (Å²) in [7, 11) is 0. The van der Waals surface area contributed by atoms with E-state index in [-0.39, 0.29) is 11.3 Å². The summed E-state index contributed by atoms with van der Waals surface area (Å²) in [6.45, 7) is 0.954. The summed E-state index contributed by atoms with van der Waals surface area (Å²) >= 11 is 3.98. The molecule has 0 aromatic heterocycles. The average Bonchev–Trinajstić information content (AvgIpc) is 2.70. The molecule has 0 aliphatic carbocycles. The molecule has 3 rings (SSSR count). The number of carbonyl (C=O) groups excluding carboxylic acids is 2. The topological polar surface area (TPSA) is 84.9 Å². The summed E-state index contributed by atoms with van der Waals surface area (Å²) in [6.07, 6.45) is 1.29. The van der Waals surface area contributed by atoms with Crippen molar-refractivity contribution in [2.45, 2.75) is 18.4 Å². The molecule has 28 heavy (non-hydrogen) atoms. The van der Waals surface area contributed by atoms with Crippen LogP contribution in [0.15, 0.2) is 42.5 Å². The first-order valence-corrected chi connectivity index (χ1v) is 10.9. The second-order valence-corrected chi connectivity index (χ2v) is 8.85. The third-order valence-electron chi connectivity index (χ3n) is 4.59. The largest absolute Gasteiger partial charge is 0.506 e. The van der Waals surface area contributed by atoms with Crippen LogP contribution in [0.1, 0.15) is 28.8 Å². The van der Waals surface area contributed by atoms with E-state index in [0.717, 1.165) is 22.2 Å². The average molecular weight is 607 g/mol. The summed E-state index contributed by atoms with van der Waals surface area (Å²) in [5, 5.41) is 13.3. The molecular formula is C20H19I2NO5. The summed E-state index contributed by atoms with van der Waals surface area (Å²) in [4.78, 5) is 24.8. The second-order valence-electron chi connectivity index (χ2n) is 6.44. The van der Waals surface area contributed by atoms with Gasteiger partial charge in [-0.3, -0.25) is 0 Å². The lowest BCUT2D eigenvalue weighted by Crippen LogP contribution is -2.43. The molecule has 0 unspecified atom stereocenters. The van der Waals surface area contributed by atoms with Crippen molar-refractivity contribution in [1.82, 2.24) is 5.32 Å². The van der Waals surface area contributed by atoms with E-state index in [0.29, 0.717) is 16.4 Å². The van der Waals surface area contributed by atoms with Crippen LogP contribution in [0.25, 0.3) is 0 Å². The van der Waals surface area contributed by atoms with Crippen LogP contribution >= 0.6 is 45.2 Å². The van der Waals surface area contributed by atoms with Gasteiger partial charge in [-0.2, -0.15) is 0 Å². The molecule has 2 aromatic rings. The highest BCUT2D eigenvalue weighted by atomic mass is 127. The Morgan fingerprint density at radius 3 is 2.46 bits per heavy atom. The van der Waals surface area contributed by atoms with E-state index in [9.17, 15) is 14.7 Å². The Kier molecular flexibility index (Phi) is 7.15. The summed E-state index contributed by atoms with van der Waals surface area (Å²) in [5.41, 5.74) is 0.236. The van der Waals surface area contributed by atoms with Gasteiger partial charge in [0, 0.05) is 16.4 Å². The van der Waals surface area contributed by atoms with Crippen molar-refractivity contribution in [3.63, 3.8) is 0 Å². The number of rotatable bonds is 5. The monoisotopic (exact) mass is 607 g/mol. The predicted molar refractivity (Wildman–Crippen MR) is 120 cm³/mol. The van der Waals surface area contributed by atoms with E-state index in [2.05, 4.69) is 5.32 Å². The lowest BCUT2D eigenvalue weighted by molar-refractivity contribution is -0.167. The molecule has 1 fully saturated rings. The summed E-state index contributed by atoms with van der Waals surface area (Å²) in [6, 6.07) is 12.9. The van der Waals surface area contributed by atoms with Crippen molar-refractivity contribution in [3.8, 4) is 5.75 Å². The minimum atomic E-state index is -0.759. The Morgan fingerprint density at radius 2 is 1.79 bits per heavy atom. The maximum Gasteiger partial charge on any atom is 0.345 e. The number of nitrogens with one attached hydrogen (secondary N) is 1. The summed E-state index contributed by atoms with van der Waals surface area (Å²) in [5.74, 6) is -1.53. The molecule has 0 amide bonds. The van der Waals surface area contributed by atoms with Crippen LogP contribution in [0, 0.1) is 7.14 Å². The molecule has 8 heteroatoms. The van der Waals surface area contributed by atoms with Crippen molar-refractivity contribution in [2.24, 2.45) is 0 Å². The number of carbonyl (C=O) groups is 2. The van der Waals surface area contributed by atoms with Gasteiger partial charge in [0.15, 0.2) is 6.61 Å². The van der Waals surface area contributed by atoms with Crippen LogP contribution < -0.4 is 5.32 Å². The molecular weight excluding hydrogens is 588 g/mol. The van der Waals surface area contributed by atoms with Crippen LogP contribution in [-0.2, 0) is 19.9 Å². The van der Waals surface area contributed by atoms with Crippen LogP contribution in [0.3, 0.4) is 0 Å². The SMILES string of the molecule is O=C(COC(=O)c1cc(I)cc(I)c1O)OC1(c2ccccc2)CCNCC1. The highest BCUT2D eigenvalue weighted by Crippen LogP contribution is 2.35. The lowest BCUT2D eigenvalue weighted by Gasteiger charge is -2.37. The predicted octanol–water partition coefficient (Wildman–Crippen LogP) is 3.58. The molecule has 0 bridgehead atoms. The first-order valence-electron chi connectivity index (χ1n) is 8.74. The van der Waals surface area contributed by atoms with Gasteiger partial charge in [0.25, 0.3) is 0 Å². The van der Waals surface area contributed by atoms with E-state index < -0.39 is 24.1 Å². The van der Waals surface area contributed by atoms with Crippen LogP contribution in [0.4, 0.5) is 0 Å². The van der Waals surface area contributed by atoms with E-state index in [1.54, 1.807) is 6.07 Å². The second kappa shape index (κ2) is 9.40. The van der Waals surface area contributed by atoms with Gasteiger partial charge in [-0.15, -0.1) is 0 Å². The molecule has 1 heterocycles. The van der Waals surface area contributed by atoms with Crippen molar-refractivity contribution >= 4 is 57.1 Å². The molecule has 2 aromatic carbocycles. The van der Waals surface area contributed by atoms with Gasteiger partial charge in [-0.1, -0.05) is 30.3 Å². The molecule has 0 spiro atoms. The van der Waals surface area contributed by atoms with Crippen molar-refractivity contribution in [3.05, 3.63) is 60.7 Å². The number of hydrogen-bond donors (Lipinski definition) is 2. The Labute approximate surface area is 190 Å². The maximum atomic E-state index is 12.5. The van der Waals surface area contributed by atoms with Gasteiger partial charge in [0.05, 0.1) is 3.57 Å². The molecule has 148 valence electrons. The normalized spacial score (nSPS) is 15.6. The smallest absolute Gasteiger partial charge is 0.345 e. The number of aromatic hydroxyl groups is 1. The number of ether oxygens (including phenoxy) is 2. The van der Waals surface area contributed by atoms with E-state index >= 15 is 0 Å². The number of benzene rings is 2. The lowest BCUT2D eigenvalue weighted by atomic mass is 9.85. The third kappa shape index (κ3) is 4.95. The molecule has 1 aliphatic rings. The first-order chi connectivity index (χ1) is 13.4. The molecule has 0 atom stereocenters. The Balaban J connectivity index is 1.68. The number of phenolic OH excluding ortho intramolecular Hbond substituents is 1. The van der Waals surface area contributed by atoms with Gasteiger partial charge >= 0.3 is 11.9 Å². The zero-order valence-electron chi connectivity index (χ0n) is 14.9. The fraction of sp³-hybridized carbons (Fsp3) is 0.300. The molecule has 1 saturated heterocycles. The van der Waals surface area contributed by atoms with Crippen LogP contribution in [-0.4, -0.2) is 36.7 Å². The van der Waals surface area contributed by atoms with Gasteiger partial charge in [-0.25, -0.2) is 9.59 Å². The Bertz CT molecular complexity index is 866. The van der Waals surface area contributed by atoms with E-state index in [4.69, 9.17) is 9.47 Å². The Morgan fingerprint density at radius 1 is 1.11 bits per heavy atom. The number of hydrogen-bond acceptors (Lipinski definition) is 6. The highest BCUT2D eigenvalue weighted by molar-refractivity contribution is 14.1. The summed E-state index contributed by atoms with van der Waals surface area (Å²) < 4.78 is 12.2. The zero-order valence-corrected chi connectivity index (χ0v) is 19.2. The van der Waals surface area contributed by atoms with Gasteiger partial charge in [0.2, 0.25) is 0 Å². The third-order valence-corrected chi connectivity index (χ3v) is 6.03. The van der Waals surface area contributed by atoms with Crippen molar-refractivity contribution in [2.75, 3.05) is 19.7 Å². The van der Waals surface area contributed by atoms with Crippen molar-refractivity contribution < 1.29 is 24.2 Å². The van der Waals surface area contributed by atoms with Crippen molar-refractivity contribution in [1.29, 1.82) is 0 Å². The van der Waals surface area contributed by atoms with E-state index in [1.807, 2.05) is 75.5 Å². The van der Waals surface area contributed by atoms with Crippen LogP contribution in [0.5, 0.6) is 5.75 Å². The fourth-order valence-electron chi connectivity index (χ4n) is 3.19. The molecule has 0 saturated carbocycles. The standard InChI is InChI=1S/C20H19I2NO5/c21-14-10-15(18(25)16(22)11-14)19(26)27-12-17(24)28-20(6-8-23-9-7-20)13-4-2-1-3-5-13/h1-5,10-11,23,25H,6-9,12H2. The van der Waals surface area contributed by atoms with E-state index in [1.165, 1.54) is 6.07 Å². The number of esters is 2. The maximum absolute atomic E-state index is 12.5. The quantitative estimate of drug-likeness (QED) is 0.400. The molecule has 0 radical (unpaired) electrons. The minimum absolute atomic E-state index is 0.0312. The number of phenols is 1. The Hall–Kier alpha value is -1.40. The van der Waals surface area contributed by atoms with Crippen LogP contribution in [0.2, 0.25) is 0 Å². The van der Waals surface area contributed by atoms with Gasteiger partial charge < -0.3 is 19.9 Å². The minimum Gasteiger partial charge on any atom is -0.506 e. The zero-order chi connectivity index (χ0) is 20.1. The molecule has 1 aliphatic heterocycles. The number of halogens is 2. The fourth-order valence-corrected chi connectivity index (χ4v) is 5.04. The highest BCUT2D eigenvalue weighted by Gasteiger charge is 2.38. The first kappa shape index (κ1) is 21.3. The molecule has 2 N–H and O–H groups in total. The van der Waals surface area contributed by atoms with Gasteiger partial charge in [0.1, 0.15) is 16.9 Å².